The van der Waals surface area contributed by atoms with Crippen molar-refractivity contribution in [2.24, 2.45) is 7.05 Å². The number of carbonyl (C=O) groups excluding carboxylic acids is 1. The first kappa shape index (κ1) is 15.1. The molecule has 1 atom stereocenters. The van der Waals surface area contributed by atoms with E-state index in [4.69, 9.17) is 4.42 Å². The predicted octanol–water partition coefficient (Wildman–Crippen LogP) is 1.55. The van der Waals surface area contributed by atoms with Gasteiger partial charge in [0.2, 0.25) is 5.91 Å². The number of aryl methyl sites for hydroxylation is 1. The average Bonchev–Trinajstić information content (AvgIpc) is 3.07. The Morgan fingerprint density at radius 2 is 2.13 bits per heavy atom. The number of para-hydroxylation sites is 2. The van der Waals surface area contributed by atoms with E-state index in [1.807, 2.05) is 19.3 Å². The zero-order valence-electron chi connectivity index (χ0n) is 13.3. The molecule has 3 rings (SSSR count). The molecule has 23 heavy (non-hydrogen) atoms. The normalized spacial score (nSPS) is 12.5. The highest BCUT2D eigenvalue weighted by Crippen LogP contribution is 2.18. The number of hydrogen-bond donors (Lipinski definition) is 0. The van der Waals surface area contributed by atoms with Gasteiger partial charge in [-0.15, -0.1) is 0 Å². The van der Waals surface area contributed by atoms with Gasteiger partial charge in [0.05, 0.1) is 11.7 Å². The molecule has 1 amide bonds. The quantitative estimate of drug-likeness (QED) is 0.732. The van der Waals surface area contributed by atoms with Crippen LogP contribution in [-0.2, 0) is 18.4 Å². The molecule has 0 fully saturated rings. The molecule has 1 aromatic carbocycles. The highest BCUT2D eigenvalue weighted by atomic mass is 16.4. The molecule has 1 unspecified atom stereocenters. The largest absolute Gasteiger partial charge is 0.420 e. The lowest BCUT2D eigenvalue weighted by Gasteiger charge is -2.21. The fourth-order valence-electron chi connectivity index (χ4n) is 2.69. The van der Waals surface area contributed by atoms with Crippen LogP contribution in [0.25, 0.3) is 11.1 Å². The van der Waals surface area contributed by atoms with Gasteiger partial charge < -0.3 is 9.32 Å². The molecule has 0 radical (unpaired) electrons. The maximum atomic E-state index is 12.6. The summed E-state index contributed by atoms with van der Waals surface area (Å²) in [7, 11) is 3.53. The van der Waals surface area contributed by atoms with Crippen LogP contribution in [0.15, 0.2) is 45.9 Å². The second kappa shape index (κ2) is 5.75. The molecule has 0 bridgehead atoms. The molecule has 7 heteroatoms. The van der Waals surface area contributed by atoms with E-state index in [0.717, 1.165) is 5.56 Å². The minimum Gasteiger partial charge on any atom is -0.408 e. The van der Waals surface area contributed by atoms with Crippen LogP contribution < -0.4 is 5.76 Å². The number of likely N-dealkylation sites (N-methyl/N-ethyl adjacent to an activating group) is 1. The van der Waals surface area contributed by atoms with Crippen molar-refractivity contribution in [3.63, 3.8) is 0 Å². The maximum absolute atomic E-state index is 12.6. The molecule has 0 aliphatic heterocycles. The Bertz CT molecular complexity index is 905. The molecule has 120 valence electrons. The average molecular weight is 314 g/mol. The number of hydrogen-bond acceptors (Lipinski definition) is 4. The van der Waals surface area contributed by atoms with Crippen molar-refractivity contribution in [1.82, 2.24) is 19.2 Å². The van der Waals surface area contributed by atoms with Crippen molar-refractivity contribution >= 4 is 17.0 Å². The van der Waals surface area contributed by atoms with Gasteiger partial charge >= 0.3 is 5.76 Å². The standard InChI is InChI=1S/C16H18N4O3/c1-11(15(21)18(2)9-12-8-17-19(3)10-12)20-13-6-4-5-7-14(13)23-16(20)22/h4-8,10-11H,9H2,1-3H3. The number of fused-ring (bicyclic) bond motifs is 1. The van der Waals surface area contributed by atoms with Gasteiger partial charge in [-0.25, -0.2) is 4.79 Å². The molecule has 3 aromatic rings. The van der Waals surface area contributed by atoms with Crippen LogP contribution in [-0.4, -0.2) is 32.2 Å². The van der Waals surface area contributed by atoms with Gasteiger partial charge in [0.15, 0.2) is 5.58 Å². The summed E-state index contributed by atoms with van der Waals surface area (Å²) in [5.74, 6) is -0.690. The third kappa shape index (κ3) is 2.77. The summed E-state index contributed by atoms with van der Waals surface area (Å²) in [6.07, 6.45) is 3.57. The van der Waals surface area contributed by atoms with E-state index in [1.165, 1.54) is 4.57 Å². The summed E-state index contributed by atoms with van der Waals surface area (Å²) < 4.78 is 8.27. The summed E-state index contributed by atoms with van der Waals surface area (Å²) in [6, 6.07) is 6.43. The molecule has 0 N–H and O–H groups in total. The zero-order chi connectivity index (χ0) is 16.6. The number of rotatable bonds is 4. The smallest absolute Gasteiger partial charge is 0.408 e. The molecular formula is C16H18N4O3. The van der Waals surface area contributed by atoms with Gasteiger partial charge in [-0.05, 0) is 19.1 Å². The Kier molecular flexibility index (Phi) is 3.77. The lowest BCUT2D eigenvalue weighted by atomic mass is 10.2. The van der Waals surface area contributed by atoms with Crippen LogP contribution in [0.4, 0.5) is 0 Å². The summed E-state index contributed by atoms with van der Waals surface area (Å²) in [5.41, 5.74) is 2.03. The molecule has 0 aliphatic carbocycles. The first-order valence-electron chi connectivity index (χ1n) is 7.30. The topological polar surface area (TPSA) is 73.3 Å². The van der Waals surface area contributed by atoms with Crippen LogP contribution in [0.1, 0.15) is 18.5 Å². The Morgan fingerprint density at radius 3 is 2.83 bits per heavy atom. The van der Waals surface area contributed by atoms with Gasteiger partial charge in [-0.2, -0.15) is 5.10 Å². The van der Waals surface area contributed by atoms with Crippen molar-refractivity contribution in [2.45, 2.75) is 19.5 Å². The molecule has 0 saturated carbocycles. The molecule has 7 nitrogen and oxygen atoms in total. The number of carbonyl (C=O) groups is 1. The number of oxazole rings is 1. The molecular weight excluding hydrogens is 296 g/mol. The molecule has 2 aromatic heterocycles. The van der Waals surface area contributed by atoms with Gasteiger partial charge in [0.1, 0.15) is 6.04 Å². The molecule has 0 spiro atoms. The van der Waals surface area contributed by atoms with Crippen molar-refractivity contribution < 1.29 is 9.21 Å². The Morgan fingerprint density at radius 1 is 1.39 bits per heavy atom. The minimum atomic E-state index is -0.646. The predicted molar refractivity (Wildman–Crippen MR) is 84.9 cm³/mol. The Labute approximate surface area is 132 Å². The second-order valence-corrected chi connectivity index (χ2v) is 5.60. The van der Waals surface area contributed by atoms with Crippen molar-refractivity contribution in [3.8, 4) is 0 Å². The molecule has 2 heterocycles. The van der Waals surface area contributed by atoms with Crippen molar-refractivity contribution in [1.29, 1.82) is 0 Å². The van der Waals surface area contributed by atoms with E-state index < -0.39 is 11.8 Å². The lowest BCUT2D eigenvalue weighted by molar-refractivity contribution is -0.133. The highest BCUT2D eigenvalue weighted by Gasteiger charge is 2.24. The van der Waals surface area contributed by atoms with E-state index in [2.05, 4.69) is 5.10 Å². The zero-order valence-corrected chi connectivity index (χ0v) is 13.3. The fraction of sp³-hybridized carbons (Fsp3) is 0.312. The third-order valence-electron chi connectivity index (χ3n) is 3.82. The van der Waals surface area contributed by atoms with Crippen LogP contribution in [0.5, 0.6) is 0 Å². The molecule has 0 aliphatic rings. The van der Waals surface area contributed by atoms with E-state index in [0.29, 0.717) is 17.6 Å². The summed E-state index contributed by atoms with van der Waals surface area (Å²) in [5, 5.41) is 4.09. The first-order valence-corrected chi connectivity index (χ1v) is 7.30. The third-order valence-corrected chi connectivity index (χ3v) is 3.82. The summed E-state index contributed by atoms with van der Waals surface area (Å²) in [4.78, 5) is 26.3. The van der Waals surface area contributed by atoms with Gasteiger partial charge in [-0.1, -0.05) is 12.1 Å². The molecule has 0 saturated heterocycles. The number of aromatic nitrogens is 3. The van der Waals surface area contributed by atoms with E-state index in [1.54, 1.807) is 47.9 Å². The number of amides is 1. The number of nitrogens with zero attached hydrogens (tertiary/aromatic N) is 4. The van der Waals surface area contributed by atoms with Crippen molar-refractivity contribution in [3.05, 3.63) is 52.8 Å². The second-order valence-electron chi connectivity index (χ2n) is 5.60. The van der Waals surface area contributed by atoms with Crippen LogP contribution >= 0.6 is 0 Å². The van der Waals surface area contributed by atoms with Gasteiger partial charge in [0, 0.05) is 32.4 Å². The fourth-order valence-corrected chi connectivity index (χ4v) is 2.69. The van der Waals surface area contributed by atoms with E-state index in [-0.39, 0.29) is 5.91 Å². The number of benzene rings is 1. The van der Waals surface area contributed by atoms with Crippen LogP contribution in [0.2, 0.25) is 0 Å². The Balaban J connectivity index is 1.86. The lowest BCUT2D eigenvalue weighted by Crippen LogP contribution is -2.35. The van der Waals surface area contributed by atoms with Crippen LogP contribution in [0, 0.1) is 0 Å². The van der Waals surface area contributed by atoms with E-state index in [9.17, 15) is 9.59 Å². The monoisotopic (exact) mass is 314 g/mol. The van der Waals surface area contributed by atoms with Crippen LogP contribution in [0.3, 0.4) is 0 Å². The van der Waals surface area contributed by atoms with Gasteiger partial charge in [0.25, 0.3) is 0 Å². The summed E-state index contributed by atoms with van der Waals surface area (Å²) >= 11 is 0. The Hall–Kier alpha value is -2.83. The minimum absolute atomic E-state index is 0.164. The van der Waals surface area contributed by atoms with Crippen molar-refractivity contribution in [2.75, 3.05) is 7.05 Å². The highest BCUT2D eigenvalue weighted by molar-refractivity contribution is 5.82. The summed E-state index contributed by atoms with van der Waals surface area (Å²) in [6.45, 7) is 2.13. The SMILES string of the molecule is CC(C(=O)N(C)Cc1cnn(C)c1)n1c(=O)oc2ccccc21. The maximum Gasteiger partial charge on any atom is 0.420 e. The first-order chi connectivity index (χ1) is 11.0. The van der Waals surface area contributed by atoms with Gasteiger partial charge in [-0.3, -0.25) is 14.0 Å². The van der Waals surface area contributed by atoms with E-state index >= 15 is 0 Å².